The zero-order valence-electron chi connectivity index (χ0n) is 67.5. The summed E-state index contributed by atoms with van der Waals surface area (Å²) in [4.78, 5) is 58.8. The SMILES string of the molecule is CC/C=C\C/C=C\C/C=C\C/C=C\C/C=C\CCCCCCCCCCCCCC(=O)OCC(COP(=O)(O)OCC(O)COP(=O)(O)OCC(O)COC(=O)CCCCCCCCCCCCCCC/C=C\C/C=C\C/C=C\C/C=C\CCCCC)OC(=O)CCCCCCC/C=C\C/C=C\CCCCC. The third-order valence-electron chi connectivity index (χ3n) is 17.8. The number of rotatable bonds is 80. The van der Waals surface area contributed by atoms with Gasteiger partial charge in [0, 0.05) is 19.3 Å². The Morgan fingerprint density at radius 1 is 0.271 bits per heavy atom. The molecule has 0 aromatic rings. The molecular formula is C89H154O16P2. The number of esters is 3. The Kier molecular flexibility index (Phi) is 77.9. The second kappa shape index (κ2) is 81.2. The molecule has 0 spiro atoms. The molecule has 0 aliphatic rings. The number of phosphoric ester groups is 2. The van der Waals surface area contributed by atoms with Gasteiger partial charge in [0.25, 0.3) is 0 Å². The number of aliphatic hydroxyl groups is 2. The van der Waals surface area contributed by atoms with Crippen molar-refractivity contribution in [2.24, 2.45) is 0 Å². The summed E-state index contributed by atoms with van der Waals surface area (Å²) >= 11 is 0. The first-order chi connectivity index (χ1) is 52.2. The van der Waals surface area contributed by atoms with E-state index < -0.39 is 91.5 Å². The van der Waals surface area contributed by atoms with Crippen LogP contribution in [0.2, 0.25) is 0 Å². The molecule has 0 aromatic carbocycles. The predicted octanol–water partition coefficient (Wildman–Crippen LogP) is 25.4. The Labute approximate surface area is 652 Å². The van der Waals surface area contributed by atoms with E-state index >= 15 is 0 Å². The first-order valence-corrected chi connectivity index (χ1v) is 45.5. The van der Waals surface area contributed by atoms with Crippen LogP contribution in [0.5, 0.6) is 0 Å². The van der Waals surface area contributed by atoms with Gasteiger partial charge >= 0.3 is 33.6 Å². The van der Waals surface area contributed by atoms with E-state index in [1.165, 1.54) is 141 Å². The van der Waals surface area contributed by atoms with E-state index in [1.807, 2.05) is 0 Å². The van der Waals surface area contributed by atoms with E-state index in [0.29, 0.717) is 19.3 Å². The zero-order chi connectivity index (χ0) is 78.0. The van der Waals surface area contributed by atoms with Crippen LogP contribution < -0.4 is 0 Å². The first-order valence-electron chi connectivity index (χ1n) is 42.5. The van der Waals surface area contributed by atoms with Gasteiger partial charge in [-0.15, -0.1) is 0 Å². The van der Waals surface area contributed by atoms with Gasteiger partial charge in [-0.3, -0.25) is 32.5 Å². The highest BCUT2D eigenvalue weighted by Crippen LogP contribution is 2.45. The highest BCUT2D eigenvalue weighted by molar-refractivity contribution is 7.47. The van der Waals surface area contributed by atoms with E-state index in [4.69, 9.17) is 32.3 Å². The summed E-state index contributed by atoms with van der Waals surface area (Å²) in [5.41, 5.74) is 0. The summed E-state index contributed by atoms with van der Waals surface area (Å²) in [6.45, 7) is 2.52. The molecule has 0 aromatic heterocycles. The lowest BCUT2D eigenvalue weighted by molar-refractivity contribution is -0.161. The molecule has 4 N–H and O–H groups in total. The second-order valence-electron chi connectivity index (χ2n) is 28.2. The normalized spacial score (nSPS) is 14.6. The Balaban J connectivity index is 4.53. The fraction of sp³-hybridized carbons (Fsp3) is 0.719. The van der Waals surface area contributed by atoms with Gasteiger partial charge in [-0.25, -0.2) is 9.13 Å². The number of carbonyl (C=O) groups excluding carboxylic acids is 3. The van der Waals surface area contributed by atoms with Crippen LogP contribution in [-0.2, 0) is 55.8 Å². The van der Waals surface area contributed by atoms with Gasteiger partial charge in [0.05, 0.1) is 26.4 Å². The molecule has 5 unspecified atom stereocenters. The third kappa shape index (κ3) is 82.5. The van der Waals surface area contributed by atoms with E-state index in [-0.39, 0.29) is 19.3 Å². The van der Waals surface area contributed by atoms with Crippen LogP contribution in [0.1, 0.15) is 355 Å². The van der Waals surface area contributed by atoms with Crippen molar-refractivity contribution >= 4 is 33.6 Å². The highest BCUT2D eigenvalue weighted by Gasteiger charge is 2.29. The number of carbonyl (C=O) groups is 3. The maximum Gasteiger partial charge on any atom is 0.472 e. The Hall–Kier alpha value is -4.31. The molecule has 0 heterocycles. The molecule has 5 atom stereocenters. The van der Waals surface area contributed by atoms with E-state index in [9.17, 15) is 43.5 Å². The maximum absolute atomic E-state index is 13.0. The molecule has 18 heteroatoms. The van der Waals surface area contributed by atoms with Crippen molar-refractivity contribution < 1.29 is 75.8 Å². The minimum atomic E-state index is -4.94. The molecular weight excluding hydrogens is 1390 g/mol. The van der Waals surface area contributed by atoms with E-state index in [1.54, 1.807) is 0 Å². The van der Waals surface area contributed by atoms with Crippen LogP contribution in [0.25, 0.3) is 0 Å². The summed E-state index contributed by atoms with van der Waals surface area (Å²) in [7, 11) is -9.80. The van der Waals surface area contributed by atoms with Gasteiger partial charge < -0.3 is 34.2 Å². The Morgan fingerprint density at radius 3 is 0.785 bits per heavy atom. The average molecular weight is 1540 g/mol. The largest absolute Gasteiger partial charge is 0.472 e. The van der Waals surface area contributed by atoms with Crippen LogP contribution in [0.15, 0.2) is 134 Å². The van der Waals surface area contributed by atoms with Crippen molar-refractivity contribution in [1.82, 2.24) is 0 Å². The van der Waals surface area contributed by atoms with Crippen molar-refractivity contribution in [3.63, 3.8) is 0 Å². The predicted molar refractivity (Wildman–Crippen MR) is 445 cm³/mol. The van der Waals surface area contributed by atoms with Crippen LogP contribution >= 0.6 is 15.6 Å². The summed E-state index contributed by atoms with van der Waals surface area (Å²) in [6.07, 6.45) is 99.3. The molecule has 0 bridgehead atoms. The summed E-state index contributed by atoms with van der Waals surface area (Å²) in [5.74, 6) is -1.59. The smallest absolute Gasteiger partial charge is 0.463 e. The van der Waals surface area contributed by atoms with Crippen molar-refractivity contribution in [3.05, 3.63) is 134 Å². The van der Waals surface area contributed by atoms with Gasteiger partial charge in [-0.05, 0) is 141 Å². The summed E-state index contributed by atoms with van der Waals surface area (Å²) in [5, 5.41) is 20.7. The Morgan fingerprint density at radius 2 is 0.495 bits per heavy atom. The highest BCUT2D eigenvalue weighted by atomic mass is 31.2. The number of unbranched alkanes of at least 4 members (excludes halogenated alkanes) is 35. The molecule has 0 radical (unpaired) electrons. The summed E-state index contributed by atoms with van der Waals surface area (Å²) in [6, 6.07) is 0. The molecule has 0 saturated heterocycles. The van der Waals surface area contributed by atoms with Gasteiger partial charge in [0.15, 0.2) is 6.10 Å². The van der Waals surface area contributed by atoms with Crippen molar-refractivity contribution in [2.45, 2.75) is 373 Å². The number of phosphoric acid groups is 2. The van der Waals surface area contributed by atoms with Crippen molar-refractivity contribution in [1.29, 1.82) is 0 Å². The monoisotopic (exact) mass is 1540 g/mol. The molecule has 0 rings (SSSR count). The molecule has 0 aliphatic carbocycles. The molecule has 0 amide bonds. The lowest BCUT2D eigenvalue weighted by Gasteiger charge is -2.21. The summed E-state index contributed by atoms with van der Waals surface area (Å²) < 4.78 is 61.3. The van der Waals surface area contributed by atoms with Crippen LogP contribution in [0.3, 0.4) is 0 Å². The minimum Gasteiger partial charge on any atom is -0.463 e. The standard InChI is InChI=1S/C89H154O16P2/c1-4-7-10-13-16-19-22-25-28-30-32-34-36-38-40-41-43-45-46-48-50-52-55-57-60-63-66-69-72-75-87(92)99-78-84(90)79-101-106(95,96)102-80-85(91)81-103-107(97,98)104-83-86(105-89(94)77-74-71-68-65-62-59-54-27-24-21-18-15-12-9-6-3)82-100-88(93)76-73-70-67-64-61-58-56-53-51-49-47-44-42-39-37-35-33-31-29-26-23-20-17-14-11-8-5-2/h8,11,16-21,25-29,32-35,38-40,42,54,84-86,90-91H,4-7,9-10,12-15,22-24,30-31,36-37,41,43-53,55-83H2,1-3H3,(H,95,96)(H,97,98)/b11-8-,19-16-,20-17-,21-18-,28-25-,29-26-,34-32-,35-33-,40-38-,42-39-,54-27-. The lowest BCUT2D eigenvalue weighted by atomic mass is 10.0. The van der Waals surface area contributed by atoms with Crippen LogP contribution in [0.4, 0.5) is 0 Å². The molecule has 0 fully saturated rings. The fourth-order valence-corrected chi connectivity index (χ4v) is 13.0. The van der Waals surface area contributed by atoms with E-state index in [2.05, 4.69) is 154 Å². The number of hydrogen-bond acceptors (Lipinski definition) is 14. The number of hydrogen-bond donors (Lipinski definition) is 4. The van der Waals surface area contributed by atoms with Crippen LogP contribution in [0, 0.1) is 0 Å². The molecule has 107 heavy (non-hydrogen) atoms. The zero-order valence-corrected chi connectivity index (χ0v) is 69.3. The number of allylic oxidation sites excluding steroid dienone is 22. The fourth-order valence-electron chi connectivity index (χ4n) is 11.4. The topological polar surface area (TPSA) is 231 Å². The van der Waals surface area contributed by atoms with Gasteiger partial charge in [-0.2, -0.15) is 0 Å². The quantitative estimate of drug-likeness (QED) is 0.0146. The molecule has 16 nitrogen and oxygen atoms in total. The van der Waals surface area contributed by atoms with Crippen molar-refractivity contribution in [3.8, 4) is 0 Å². The molecule has 0 saturated carbocycles. The molecule has 616 valence electrons. The van der Waals surface area contributed by atoms with Gasteiger partial charge in [0.2, 0.25) is 0 Å². The first kappa shape index (κ1) is 103. The molecule has 0 aliphatic heterocycles. The van der Waals surface area contributed by atoms with Crippen molar-refractivity contribution in [2.75, 3.05) is 39.6 Å². The maximum atomic E-state index is 13.0. The minimum absolute atomic E-state index is 0.0862. The number of ether oxygens (including phenoxy) is 3. The third-order valence-corrected chi connectivity index (χ3v) is 19.7. The Bertz CT molecular complexity index is 2480. The average Bonchev–Trinajstić information content (AvgIpc) is 0.913. The number of aliphatic hydroxyl groups excluding tert-OH is 2. The second-order valence-corrected chi connectivity index (χ2v) is 31.2. The van der Waals surface area contributed by atoms with Crippen LogP contribution in [-0.4, -0.2) is 95.9 Å². The van der Waals surface area contributed by atoms with Gasteiger partial charge in [0.1, 0.15) is 25.4 Å². The lowest BCUT2D eigenvalue weighted by Crippen LogP contribution is -2.30. The van der Waals surface area contributed by atoms with E-state index in [0.717, 1.165) is 154 Å². The van der Waals surface area contributed by atoms with Gasteiger partial charge in [-0.1, -0.05) is 328 Å².